The molecule has 14 heavy (non-hydrogen) atoms. The molecule has 1 heterocycles. The second-order valence-corrected chi connectivity index (χ2v) is 3.36. The highest BCUT2D eigenvalue weighted by molar-refractivity contribution is 5.70. The Morgan fingerprint density at radius 3 is 1.57 bits per heavy atom. The Balaban J connectivity index is 2.26. The van der Waals surface area contributed by atoms with Gasteiger partial charge in [-0.25, -0.2) is 0 Å². The van der Waals surface area contributed by atoms with Crippen LogP contribution < -0.4 is 0 Å². The Kier molecular flexibility index (Phi) is 5.04. The van der Waals surface area contributed by atoms with E-state index >= 15 is 0 Å². The number of hydrogen-bond acceptors (Lipinski definition) is 4. The lowest BCUT2D eigenvalue weighted by molar-refractivity contribution is -0.145. The van der Waals surface area contributed by atoms with E-state index in [9.17, 15) is 9.59 Å². The second-order valence-electron chi connectivity index (χ2n) is 3.36. The van der Waals surface area contributed by atoms with Crippen molar-refractivity contribution in [1.82, 2.24) is 0 Å². The summed E-state index contributed by atoms with van der Waals surface area (Å²) in [6, 6.07) is 0. The molecular weight excluding hydrogens is 184 g/mol. The first-order valence-electron chi connectivity index (χ1n) is 5.10. The molecule has 4 nitrogen and oxygen atoms in total. The van der Waals surface area contributed by atoms with E-state index < -0.39 is 0 Å². The van der Waals surface area contributed by atoms with Gasteiger partial charge in [-0.15, -0.1) is 0 Å². The average molecular weight is 200 g/mol. The zero-order valence-corrected chi connectivity index (χ0v) is 8.29. The third-order valence-corrected chi connectivity index (χ3v) is 2.08. The molecule has 0 atom stereocenters. The summed E-state index contributed by atoms with van der Waals surface area (Å²) in [5.41, 5.74) is 0. The minimum absolute atomic E-state index is 0.142. The third-order valence-electron chi connectivity index (χ3n) is 2.08. The summed E-state index contributed by atoms with van der Waals surface area (Å²) in [6.45, 7) is 0.845. The lowest BCUT2D eigenvalue weighted by Crippen LogP contribution is -2.10. The van der Waals surface area contributed by atoms with Crippen LogP contribution in [0.1, 0.15) is 38.5 Å². The summed E-state index contributed by atoms with van der Waals surface area (Å²) < 4.78 is 9.92. The van der Waals surface area contributed by atoms with Gasteiger partial charge in [0.05, 0.1) is 13.2 Å². The molecule has 0 aromatic carbocycles. The number of carbonyl (C=O) groups excluding carboxylic acids is 2. The van der Waals surface area contributed by atoms with Gasteiger partial charge in [-0.1, -0.05) is 0 Å². The molecule has 1 aliphatic heterocycles. The molecule has 0 aromatic rings. The van der Waals surface area contributed by atoms with Crippen LogP contribution in [0.25, 0.3) is 0 Å². The van der Waals surface area contributed by atoms with Crippen LogP contribution >= 0.6 is 0 Å². The van der Waals surface area contributed by atoms with Gasteiger partial charge in [0.25, 0.3) is 0 Å². The molecular formula is C10H16O4. The van der Waals surface area contributed by atoms with Crippen molar-refractivity contribution < 1.29 is 19.1 Å². The molecule has 1 fully saturated rings. The Morgan fingerprint density at radius 2 is 1.14 bits per heavy atom. The van der Waals surface area contributed by atoms with E-state index in [1.165, 1.54) is 0 Å². The molecule has 0 radical (unpaired) electrons. The Morgan fingerprint density at radius 1 is 0.714 bits per heavy atom. The Bertz CT molecular complexity index is 162. The highest BCUT2D eigenvalue weighted by Crippen LogP contribution is 2.04. The third kappa shape index (κ3) is 4.84. The molecule has 0 saturated carbocycles. The number of cyclic esters (lactones) is 2. The van der Waals surface area contributed by atoms with Crippen molar-refractivity contribution in [2.75, 3.05) is 13.2 Å². The molecule has 0 bridgehead atoms. The summed E-state index contributed by atoms with van der Waals surface area (Å²) >= 11 is 0. The zero-order chi connectivity index (χ0) is 10.2. The van der Waals surface area contributed by atoms with Crippen LogP contribution in [0.4, 0.5) is 0 Å². The lowest BCUT2D eigenvalue weighted by atomic mass is 10.2. The van der Waals surface area contributed by atoms with Crippen LogP contribution in [0, 0.1) is 0 Å². The largest absolute Gasteiger partial charge is 0.466 e. The van der Waals surface area contributed by atoms with Crippen molar-refractivity contribution >= 4 is 11.9 Å². The normalized spacial score (nSPS) is 21.4. The summed E-state index contributed by atoms with van der Waals surface area (Å²) in [7, 11) is 0. The van der Waals surface area contributed by atoms with Crippen LogP contribution in [0.5, 0.6) is 0 Å². The van der Waals surface area contributed by atoms with Crippen LogP contribution in [0.3, 0.4) is 0 Å². The summed E-state index contributed by atoms with van der Waals surface area (Å²) in [5, 5.41) is 0. The maximum absolute atomic E-state index is 11.0. The zero-order valence-electron chi connectivity index (χ0n) is 8.29. The van der Waals surface area contributed by atoms with Crippen molar-refractivity contribution in [3.63, 3.8) is 0 Å². The van der Waals surface area contributed by atoms with Crippen molar-refractivity contribution in [2.45, 2.75) is 38.5 Å². The van der Waals surface area contributed by atoms with E-state index in [1.807, 2.05) is 0 Å². The Hall–Kier alpha value is -1.06. The van der Waals surface area contributed by atoms with Crippen molar-refractivity contribution in [2.24, 2.45) is 0 Å². The first-order chi connectivity index (χ1) is 6.79. The van der Waals surface area contributed by atoms with E-state index in [1.54, 1.807) is 0 Å². The van der Waals surface area contributed by atoms with Gasteiger partial charge in [-0.2, -0.15) is 0 Å². The number of carbonyl (C=O) groups is 2. The van der Waals surface area contributed by atoms with E-state index in [0.717, 1.165) is 25.7 Å². The number of rotatable bonds is 0. The molecule has 4 heteroatoms. The van der Waals surface area contributed by atoms with E-state index in [2.05, 4.69) is 0 Å². The van der Waals surface area contributed by atoms with E-state index in [-0.39, 0.29) is 11.9 Å². The van der Waals surface area contributed by atoms with Gasteiger partial charge in [0.15, 0.2) is 0 Å². The van der Waals surface area contributed by atoms with Gasteiger partial charge in [-0.3, -0.25) is 9.59 Å². The fourth-order valence-corrected chi connectivity index (χ4v) is 1.26. The number of hydrogen-bond donors (Lipinski definition) is 0. The molecule has 0 amide bonds. The number of esters is 2. The predicted octanol–water partition coefficient (Wildman–Crippen LogP) is 1.43. The molecule has 80 valence electrons. The highest BCUT2D eigenvalue weighted by Gasteiger charge is 2.07. The molecule has 0 N–H and O–H groups in total. The SMILES string of the molecule is O=C1CCCCOC(=O)CCCCO1. The second kappa shape index (κ2) is 6.40. The topological polar surface area (TPSA) is 52.6 Å². The highest BCUT2D eigenvalue weighted by atomic mass is 16.5. The first kappa shape index (κ1) is 11.0. The minimum Gasteiger partial charge on any atom is -0.466 e. The molecule has 1 saturated heterocycles. The van der Waals surface area contributed by atoms with E-state index in [4.69, 9.17) is 9.47 Å². The van der Waals surface area contributed by atoms with Gasteiger partial charge in [0.2, 0.25) is 0 Å². The maximum Gasteiger partial charge on any atom is 0.305 e. The molecule has 0 spiro atoms. The van der Waals surface area contributed by atoms with Gasteiger partial charge in [0, 0.05) is 12.8 Å². The fourth-order valence-electron chi connectivity index (χ4n) is 1.26. The van der Waals surface area contributed by atoms with Crippen molar-refractivity contribution in [1.29, 1.82) is 0 Å². The van der Waals surface area contributed by atoms with Crippen molar-refractivity contribution in [3.8, 4) is 0 Å². The monoisotopic (exact) mass is 200 g/mol. The van der Waals surface area contributed by atoms with Crippen LogP contribution in [-0.4, -0.2) is 25.2 Å². The molecule has 0 unspecified atom stereocenters. The lowest BCUT2D eigenvalue weighted by Gasteiger charge is -2.08. The van der Waals surface area contributed by atoms with Crippen LogP contribution in [0.15, 0.2) is 0 Å². The Labute approximate surface area is 83.6 Å². The van der Waals surface area contributed by atoms with Gasteiger partial charge in [-0.05, 0) is 25.7 Å². The molecule has 0 aromatic heterocycles. The summed E-state index contributed by atoms with van der Waals surface area (Å²) in [4.78, 5) is 22.1. The summed E-state index contributed by atoms with van der Waals surface area (Å²) in [5.74, 6) is -0.284. The fraction of sp³-hybridized carbons (Fsp3) is 0.800. The van der Waals surface area contributed by atoms with Crippen LogP contribution in [-0.2, 0) is 19.1 Å². The number of ether oxygens (including phenoxy) is 2. The summed E-state index contributed by atoms with van der Waals surface area (Å²) in [6.07, 6.45) is 3.79. The van der Waals surface area contributed by atoms with Gasteiger partial charge in [0.1, 0.15) is 0 Å². The molecule has 1 rings (SSSR count). The van der Waals surface area contributed by atoms with Crippen LogP contribution in [0.2, 0.25) is 0 Å². The first-order valence-corrected chi connectivity index (χ1v) is 5.10. The molecule has 1 aliphatic rings. The molecule has 0 aliphatic carbocycles. The standard InChI is InChI=1S/C10H16O4/c11-9-5-1-3-7-13-10(12)6-2-4-8-14-9/h1-8H2. The van der Waals surface area contributed by atoms with Gasteiger partial charge >= 0.3 is 11.9 Å². The predicted molar refractivity (Wildman–Crippen MR) is 49.6 cm³/mol. The minimum atomic E-state index is -0.142. The maximum atomic E-state index is 11.0. The van der Waals surface area contributed by atoms with Gasteiger partial charge < -0.3 is 9.47 Å². The average Bonchev–Trinajstić information content (AvgIpc) is 2.14. The van der Waals surface area contributed by atoms with E-state index in [0.29, 0.717) is 26.1 Å². The van der Waals surface area contributed by atoms with Crippen molar-refractivity contribution in [3.05, 3.63) is 0 Å². The quantitative estimate of drug-likeness (QED) is 0.555. The smallest absolute Gasteiger partial charge is 0.305 e.